The molecule has 0 bridgehead atoms. The normalized spacial score (nSPS) is 15.7. The van der Waals surface area contributed by atoms with Gasteiger partial charge in [-0.2, -0.15) is 0 Å². The van der Waals surface area contributed by atoms with Crippen LogP contribution in [0.2, 0.25) is 0 Å². The number of hydrogen-bond donors (Lipinski definition) is 3. The summed E-state index contributed by atoms with van der Waals surface area (Å²) in [6.07, 6.45) is 2.77. The van der Waals surface area contributed by atoms with Gasteiger partial charge in [-0.15, -0.1) is 0 Å². The number of nitrogens with one attached hydrogen (secondary N) is 3. The van der Waals surface area contributed by atoms with Crippen molar-refractivity contribution in [3.63, 3.8) is 0 Å². The number of amides is 1. The fourth-order valence-electron chi connectivity index (χ4n) is 3.91. The highest BCUT2D eigenvalue weighted by atomic mass is 16.5. The Kier molecular flexibility index (Phi) is 6.07. The van der Waals surface area contributed by atoms with Crippen molar-refractivity contribution in [1.29, 1.82) is 0 Å². The van der Waals surface area contributed by atoms with Crippen LogP contribution >= 0.6 is 0 Å². The van der Waals surface area contributed by atoms with E-state index < -0.39 is 0 Å². The number of benzene rings is 2. The Morgan fingerprint density at radius 2 is 2.06 bits per heavy atom. The number of aryl methyl sites for hydroxylation is 1. The minimum Gasteiger partial charge on any atom is -0.438 e. The molecule has 0 saturated carbocycles. The first-order valence-electron chi connectivity index (χ1n) is 11.1. The quantitative estimate of drug-likeness (QED) is 0.370. The molecular weight excluding hydrogens is 430 g/mol. The SMILES string of the molecule is C=CC(=O)Nc1cc(Oc2ncnc3[nH]c(-c4ccc(C5CNCCO5)cc4)cc23)ccc1C. The molecule has 2 aromatic carbocycles. The molecule has 8 heteroatoms. The molecule has 1 unspecified atom stereocenters. The van der Waals surface area contributed by atoms with Gasteiger partial charge in [0.25, 0.3) is 0 Å². The van der Waals surface area contributed by atoms with Gasteiger partial charge in [0.1, 0.15) is 17.7 Å². The molecule has 34 heavy (non-hydrogen) atoms. The van der Waals surface area contributed by atoms with E-state index in [4.69, 9.17) is 9.47 Å². The Hall–Kier alpha value is -4.01. The summed E-state index contributed by atoms with van der Waals surface area (Å²) in [4.78, 5) is 23.8. The van der Waals surface area contributed by atoms with Crippen molar-refractivity contribution in [2.24, 2.45) is 0 Å². The van der Waals surface area contributed by atoms with Crippen molar-refractivity contribution in [1.82, 2.24) is 20.3 Å². The van der Waals surface area contributed by atoms with Gasteiger partial charge in [-0.05, 0) is 41.8 Å². The lowest BCUT2D eigenvalue weighted by Gasteiger charge is -2.24. The zero-order valence-electron chi connectivity index (χ0n) is 18.8. The van der Waals surface area contributed by atoms with E-state index in [0.717, 1.165) is 47.5 Å². The molecule has 3 N–H and O–H groups in total. The molecular formula is C26H25N5O3. The number of morpholine rings is 1. The van der Waals surface area contributed by atoms with Crippen molar-refractivity contribution in [2.45, 2.75) is 13.0 Å². The number of hydrogen-bond acceptors (Lipinski definition) is 6. The summed E-state index contributed by atoms with van der Waals surface area (Å²) in [7, 11) is 0. The van der Waals surface area contributed by atoms with Crippen molar-refractivity contribution >= 4 is 22.6 Å². The lowest BCUT2D eigenvalue weighted by atomic mass is 10.0. The van der Waals surface area contributed by atoms with Crippen LogP contribution in [-0.4, -0.2) is 40.6 Å². The number of carbonyl (C=O) groups is 1. The van der Waals surface area contributed by atoms with E-state index in [1.54, 1.807) is 6.07 Å². The molecule has 0 spiro atoms. The summed E-state index contributed by atoms with van der Waals surface area (Å²) in [6, 6.07) is 15.8. The number of ether oxygens (including phenoxy) is 2. The fourth-order valence-corrected chi connectivity index (χ4v) is 3.91. The minimum atomic E-state index is -0.280. The molecule has 1 aliphatic heterocycles. The number of rotatable bonds is 6. The second kappa shape index (κ2) is 9.46. The van der Waals surface area contributed by atoms with Crippen LogP contribution in [0.15, 0.2) is 67.5 Å². The van der Waals surface area contributed by atoms with Gasteiger partial charge in [0.05, 0.1) is 18.1 Å². The van der Waals surface area contributed by atoms with E-state index in [-0.39, 0.29) is 12.0 Å². The molecule has 4 aromatic rings. The third-order valence-electron chi connectivity index (χ3n) is 5.78. The number of carbonyl (C=O) groups excluding carboxylic acids is 1. The number of anilines is 1. The Morgan fingerprint density at radius 1 is 1.21 bits per heavy atom. The molecule has 1 aliphatic rings. The zero-order valence-corrected chi connectivity index (χ0v) is 18.8. The van der Waals surface area contributed by atoms with Crippen molar-refractivity contribution in [2.75, 3.05) is 25.0 Å². The number of aromatic amines is 1. The van der Waals surface area contributed by atoms with Crippen LogP contribution in [-0.2, 0) is 9.53 Å². The van der Waals surface area contributed by atoms with Crippen molar-refractivity contribution in [3.8, 4) is 22.9 Å². The summed E-state index contributed by atoms with van der Waals surface area (Å²) in [6.45, 7) is 7.83. The summed E-state index contributed by atoms with van der Waals surface area (Å²) in [5, 5.41) is 6.91. The third kappa shape index (κ3) is 4.54. The van der Waals surface area contributed by atoms with Crippen LogP contribution < -0.4 is 15.4 Å². The second-order valence-electron chi connectivity index (χ2n) is 8.08. The first kappa shape index (κ1) is 21.8. The van der Waals surface area contributed by atoms with Gasteiger partial charge in [0, 0.05) is 30.5 Å². The zero-order chi connectivity index (χ0) is 23.5. The molecule has 0 radical (unpaired) electrons. The minimum absolute atomic E-state index is 0.0760. The van der Waals surface area contributed by atoms with E-state index >= 15 is 0 Å². The average Bonchev–Trinajstić information content (AvgIpc) is 3.32. The summed E-state index contributed by atoms with van der Waals surface area (Å²) in [5.74, 6) is 0.700. The third-order valence-corrected chi connectivity index (χ3v) is 5.78. The molecule has 1 saturated heterocycles. The van der Waals surface area contributed by atoms with E-state index in [0.29, 0.717) is 23.0 Å². The molecule has 0 aliphatic carbocycles. The van der Waals surface area contributed by atoms with Crippen LogP contribution in [0.3, 0.4) is 0 Å². The van der Waals surface area contributed by atoms with E-state index in [2.05, 4.69) is 56.4 Å². The van der Waals surface area contributed by atoms with Gasteiger partial charge in [-0.3, -0.25) is 4.79 Å². The van der Waals surface area contributed by atoms with Gasteiger partial charge in [-0.1, -0.05) is 36.9 Å². The molecule has 1 amide bonds. The summed E-state index contributed by atoms with van der Waals surface area (Å²) in [5.41, 5.74) is 5.33. The van der Waals surface area contributed by atoms with Crippen LogP contribution in [0.4, 0.5) is 5.69 Å². The predicted molar refractivity (Wildman–Crippen MR) is 131 cm³/mol. The first-order valence-corrected chi connectivity index (χ1v) is 11.1. The Morgan fingerprint density at radius 3 is 2.82 bits per heavy atom. The summed E-state index contributed by atoms with van der Waals surface area (Å²) >= 11 is 0. The predicted octanol–water partition coefficient (Wildman–Crippen LogP) is 4.51. The maximum atomic E-state index is 11.7. The highest BCUT2D eigenvalue weighted by Gasteiger charge is 2.16. The van der Waals surface area contributed by atoms with Crippen molar-refractivity contribution in [3.05, 3.63) is 78.6 Å². The molecule has 3 heterocycles. The molecule has 1 fully saturated rings. The number of aromatic nitrogens is 3. The highest BCUT2D eigenvalue weighted by Crippen LogP contribution is 2.33. The standard InChI is InChI=1S/C26H25N5O3/c1-3-24(32)30-21-12-19(9-4-16(21)2)34-26-20-13-22(31-25(20)28-15-29-26)17-5-7-18(8-6-17)23-14-27-10-11-33-23/h3-9,12-13,15,23,27H,1,10-11,14H2,2H3,(H,30,32)(H,28,29,31). The number of H-pyrrole nitrogens is 1. The molecule has 5 rings (SSSR count). The van der Waals surface area contributed by atoms with Crippen LogP contribution in [0.5, 0.6) is 11.6 Å². The van der Waals surface area contributed by atoms with E-state index in [9.17, 15) is 4.79 Å². The highest BCUT2D eigenvalue weighted by molar-refractivity contribution is 5.99. The first-order chi connectivity index (χ1) is 16.6. The van der Waals surface area contributed by atoms with E-state index in [1.165, 1.54) is 12.4 Å². The van der Waals surface area contributed by atoms with Gasteiger partial charge < -0.3 is 25.1 Å². The molecule has 1 atom stereocenters. The molecule has 172 valence electrons. The largest absolute Gasteiger partial charge is 0.438 e. The lowest BCUT2D eigenvalue weighted by molar-refractivity contribution is -0.111. The van der Waals surface area contributed by atoms with Crippen LogP contribution in [0.1, 0.15) is 17.2 Å². The van der Waals surface area contributed by atoms with Crippen molar-refractivity contribution < 1.29 is 14.3 Å². The topological polar surface area (TPSA) is 101 Å². The van der Waals surface area contributed by atoms with Gasteiger partial charge in [0.15, 0.2) is 0 Å². The maximum absolute atomic E-state index is 11.7. The Bertz CT molecular complexity index is 1340. The average molecular weight is 456 g/mol. The molecule has 2 aromatic heterocycles. The van der Waals surface area contributed by atoms with Crippen LogP contribution in [0.25, 0.3) is 22.3 Å². The Labute approximate surface area is 197 Å². The number of fused-ring (bicyclic) bond motifs is 1. The van der Waals surface area contributed by atoms with E-state index in [1.807, 2.05) is 25.1 Å². The maximum Gasteiger partial charge on any atom is 0.247 e. The molecule has 8 nitrogen and oxygen atoms in total. The monoisotopic (exact) mass is 455 g/mol. The van der Waals surface area contributed by atoms with Gasteiger partial charge in [0.2, 0.25) is 11.8 Å². The Balaban J connectivity index is 1.40. The summed E-state index contributed by atoms with van der Waals surface area (Å²) < 4.78 is 11.9. The smallest absolute Gasteiger partial charge is 0.247 e. The fraction of sp³-hybridized carbons (Fsp3) is 0.192. The lowest BCUT2D eigenvalue weighted by Crippen LogP contribution is -2.33. The second-order valence-corrected chi connectivity index (χ2v) is 8.08. The van der Waals surface area contributed by atoms with Gasteiger partial charge >= 0.3 is 0 Å². The van der Waals surface area contributed by atoms with Gasteiger partial charge in [-0.25, -0.2) is 9.97 Å². The van der Waals surface area contributed by atoms with Crippen LogP contribution in [0, 0.1) is 6.92 Å². The number of nitrogens with zero attached hydrogens (tertiary/aromatic N) is 2.